The highest BCUT2D eigenvalue weighted by Crippen LogP contribution is 2.52. The summed E-state index contributed by atoms with van der Waals surface area (Å²) < 4.78 is 1.95. The van der Waals surface area contributed by atoms with Gasteiger partial charge < -0.3 is 15.2 Å². The number of nitrogens with zero attached hydrogens (tertiary/aromatic N) is 5. The van der Waals surface area contributed by atoms with Crippen LogP contribution in [0.3, 0.4) is 0 Å². The summed E-state index contributed by atoms with van der Waals surface area (Å²) in [6.45, 7) is 5.26. The summed E-state index contributed by atoms with van der Waals surface area (Å²) in [7, 11) is 0. The van der Waals surface area contributed by atoms with Crippen LogP contribution in [0.2, 0.25) is 0 Å². The SMILES string of the molecule is CCNC(=NCCCCn1cnnc1)NCCN1C(=O)C2C3C=CC(C3)C2C1=O.I. The van der Waals surface area contributed by atoms with Crippen molar-refractivity contribution < 1.29 is 9.59 Å². The molecule has 1 saturated carbocycles. The lowest BCUT2D eigenvalue weighted by Gasteiger charge is -2.18. The lowest BCUT2D eigenvalue weighted by molar-refractivity contribution is -0.140. The molecule has 3 aliphatic rings. The number of fused-ring (bicyclic) bond motifs is 5. The van der Waals surface area contributed by atoms with Crippen molar-refractivity contribution in [2.75, 3.05) is 26.2 Å². The van der Waals surface area contributed by atoms with Crippen LogP contribution in [0.5, 0.6) is 0 Å². The molecule has 2 bridgehead atoms. The maximum Gasteiger partial charge on any atom is 0.233 e. The molecule has 2 heterocycles. The van der Waals surface area contributed by atoms with Gasteiger partial charge in [-0.1, -0.05) is 12.2 Å². The summed E-state index contributed by atoms with van der Waals surface area (Å²) >= 11 is 0. The maximum atomic E-state index is 12.7. The number of amides is 2. The summed E-state index contributed by atoms with van der Waals surface area (Å²) in [5.41, 5.74) is 0. The molecule has 0 spiro atoms. The summed E-state index contributed by atoms with van der Waals surface area (Å²) in [4.78, 5) is 31.5. The molecular formula is C20H30IN7O2. The first kappa shape index (κ1) is 22.7. The van der Waals surface area contributed by atoms with Gasteiger partial charge in [0.1, 0.15) is 12.7 Å². The van der Waals surface area contributed by atoms with Crippen LogP contribution < -0.4 is 10.6 Å². The summed E-state index contributed by atoms with van der Waals surface area (Å²) in [5, 5.41) is 14.0. The van der Waals surface area contributed by atoms with Crippen LogP contribution in [0.15, 0.2) is 29.8 Å². The molecule has 2 aliphatic carbocycles. The highest BCUT2D eigenvalue weighted by Gasteiger charge is 2.58. The second-order valence-corrected chi connectivity index (χ2v) is 7.92. The molecule has 1 saturated heterocycles. The third kappa shape index (κ3) is 4.68. The van der Waals surface area contributed by atoms with E-state index in [1.165, 1.54) is 4.90 Å². The van der Waals surface area contributed by atoms with Crippen molar-refractivity contribution >= 4 is 41.8 Å². The van der Waals surface area contributed by atoms with E-state index in [4.69, 9.17) is 0 Å². The molecule has 0 radical (unpaired) electrons. The van der Waals surface area contributed by atoms with E-state index in [2.05, 4.69) is 38.0 Å². The van der Waals surface area contributed by atoms with Crippen molar-refractivity contribution in [2.24, 2.45) is 28.7 Å². The summed E-state index contributed by atoms with van der Waals surface area (Å²) in [6.07, 6.45) is 10.6. The van der Waals surface area contributed by atoms with Crippen molar-refractivity contribution in [3.63, 3.8) is 0 Å². The zero-order valence-corrected chi connectivity index (χ0v) is 19.6. The van der Waals surface area contributed by atoms with Crippen molar-refractivity contribution in [2.45, 2.75) is 32.7 Å². The number of nitrogens with one attached hydrogen (secondary N) is 2. The van der Waals surface area contributed by atoms with Crippen LogP contribution >= 0.6 is 24.0 Å². The van der Waals surface area contributed by atoms with Gasteiger partial charge in [-0.15, -0.1) is 34.2 Å². The van der Waals surface area contributed by atoms with Crippen LogP contribution in [0.25, 0.3) is 0 Å². The molecule has 0 aromatic carbocycles. The van der Waals surface area contributed by atoms with E-state index in [0.29, 0.717) is 19.6 Å². The largest absolute Gasteiger partial charge is 0.357 e. The number of aryl methyl sites for hydroxylation is 1. The molecular weight excluding hydrogens is 497 g/mol. The number of allylic oxidation sites excluding steroid dienone is 2. The molecule has 9 nitrogen and oxygen atoms in total. The predicted molar refractivity (Wildman–Crippen MR) is 123 cm³/mol. The zero-order chi connectivity index (χ0) is 20.2. The molecule has 1 aromatic heterocycles. The highest BCUT2D eigenvalue weighted by atomic mass is 127. The van der Waals surface area contributed by atoms with Gasteiger partial charge in [0.15, 0.2) is 5.96 Å². The molecule has 1 aliphatic heterocycles. The third-order valence-electron chi connectivity index (χ3n) is 6.09. The molecule has 4 unspecified atom stereocenters. The Morgan fingerprint density at radius 3 is 2.37 bits per heavy atom. The monoisotopic (exact) mass is 527 g/mol. The van der Waals surface area contributed by atoms with Gasteiger partial charge in [0, 0.05) is 32.7 Å². The Bertz CT molecular complexity index is 765. The average molecular weight is 527 g/mol. The second kappa shape index (κ2) is 10.4. The number of hydrogen-bond donors (Lipinski definition) is 2. The fourth-order valence-electron chi connectivity index (χ4n) is 4.75. The van der Waals surface area contributed by atoms with E-state index in [-0.39, 0.29) is 59.5 Å². The van der Waals surface area contributed by atoms with Gasteiger partial charge in [-0.3, -0.25) is 19.5 Å². The van der Waals surface area contributed by atoms with Crippen LogP contribution in [0.1, 0.15) is 26.2 Å². The maximum absolute atomic E-state index is 12.7. The lowest BCUT2D eigenvalue weighted by atomic mass is 9.85. The number of aromatic nitrogens is 3. The van der Waals surface area contributed by atoms with Crippen LogP contribution in [0.4, 0.5) is 0 Å². The Morgan fingerprint density at radius 2 is 1.73 bits per heavy atom. The number of guanidine groups is 1. The van der Waals surface area contributed by atoms with Gasteiger partial charge >= 0.3 is 0 Å². The quantitative estimate of drug-likeness (QED) is 0.124. The Labute approximate surface area is 193 Å². The van der Waals surface area contributed by atoms with Crippen LogP contribution in [-0.2, 0) is 16.1 Å². The molecule has 164 valence electrons. The molecule has 4 atom stereocenters. The third-order valence-corrected chi connectivity index (χ3v) is 6.09. The first-order valence-electron chi connectivity index (χ1n) is 10.6. The lowest BCUT2D eigenvalue weighted by Crippen LogP contribution is -2.43. The molecule has 2 N–H and O–H groups in total. The Balaban J connectivity index is 0.00000256. The average Bonchev–Trinajstić information content (AvgIpc) is 3.49. The molecule has 10 heteroatoms. The van der Waals surface area contributed by atoms with Crippen molar-refractivity contribution in [3.05, 3.63) is 24.8 Å². The van der Waals surface area contributed by atoms with Gasteiger partial charge in [0.05, 0.1) is 11.8 Å². The normalized spacial score (nSPS) is 26.8. The number of aliphatic imine (C=N–C) groups is 1. The molecule has 30 heavy (non-hydrogen) atoms. The molecule has 4 rings (SSSR count). The fraction of sp³-hybridized carbons (Fsp3) is 0.650. The fourth-order valence-corrected chi connectivity index (χ4v) is 4.75. The second-order valence-electron chi connectivity index (χ2n) is 7.92. The van der Waals surface area contributed by atoms with Gasteiger partial charge in [0.2, 0.25) is 11.8 Å². The first-order chi connectivity index (χ1) is 14.2. The Morgan fingerprint density at radius 1 is 1.07 bits per heavy atom. The highest BCUT2D eigenvalue weighted by molar-refractivity contribution is 14.0. The van der Waals surface area contributed by atoms with Crippen LogP contribution in [0, 0.1) is 23.7 Å². The minimum Gasteiger partial charge on any atom is -0.357 e. The van der Waals surface area contributed by atoms with E-state index in [1.54, 1.807) is 12.7 Å². The van der Waals surface area contributed by atoms with E-state index < -0.39 is 0 Å². The van der Waals surface area contributed by atoms with Gasteiger partial charge in [-0.2, -0.15) is 0 Å². The smallest absolute Gasteiger partial charge is 0.233 e. The Hall–Kier alpha value is -1.98. The van der Waals surface area contributed by atoms with E-state index in [9.17, 15) is 9.59 Å². The number of likely N-dealkylation sites (tertiary alicyclic amines) is 1. The standard InChI is InChI=1S/C20H29N7O2.HI/c1-2-21-20(22-7-3-4-9-26-12-24-25-13-26)23-8-10-27-18(28)16-14-5-6-15(11-14)17(16)19(27)29;/h5-6,12-17H,2-4,7-11H2,1H3,(H2,21,22,23);1H. The number of unbranched alkanes of at least 4 members (excludes halogenated alkanes) is 1. The first-order valence-corrected chi connectivity index (χ1v) is 10.6. The van der Waals surface area contributed by atoms with Crippen molar-refractivity contribution in [1.82, 2.24) is 30.3 Å². The Kier molecular flexibility index (Phi) is 7.84. The topological polar surface area (TPSA) is 105 Å². The summed E-state index contributed by atoms with van der Waals surface area (Å²) in [6, 6.07) is 0. The van der Waals surface area contributed by atoms with E-state index >= 15 is 0 Å². The predicted octanol–water partition coefficient (Wildman–Crippen LogP) is 1.04. The minimum atomic E-state index is -0.120. The number of hydrogen-bond acceptors (Lipinski definition) is 5. The number of imide groups is 1. The van der Waals surface area contributed by atoms with Gasteiger partial charge in [0.25, 0.3) is 0 Å². The van der Waals surface area contributed by atoms with E-state index in [1.807, 2.05) is 11.5 Å². The van der Waals surface area contributed by atoms with Crippen molar-refractivity contribution in [3.8, 4) is 0 Å². The van der Waals surface area contributed by atoms with Gasteiger partial charge in [-0.25, -0.2) is 0 Å². The van der Waals surface area contributed by atoms with Crippen LogP contribution in [-0.4, -0.2) is 63.6 Å². The van der Waals surface area contributed by atoms with E-state index in [0.717, 1.165) is 38.3 Å². The zero-order valence-electron chi connectivity index (χ0n) is 17.2. The molecule has 1 aromatic rings. The van der Waals surface area contributed by atoms with Gasteiger partial charge in [-0.05, 0) is 38.0 Å². The number of carbonyl (C=O) groups excluding carboxylic acids is 2. The minimum absolute atomic E-state index is 0. The summed E-state index contributed by atoms with van der Waals surface area (Å²) in [5.74, 6) is 1.02. The molecule has 2 amide bonds. The number of carbonyl (C=O) groups is 2. The molecule has 2 fully saturated rings. The van der Waals surface area contributed by atoms with Crippen molar-refractivity contribution in [1.29, 1.82) is 0 Å². The number of halogens is 1. The number of rotatable bonds is 9.